The van der Waals surface area contributed by atoms with E-state index in [1.165, 1.54) is 0 Å². The van der Waals surface area contributed by atoms with E-state index in [0.29, 0.717) is 0 Å². The third kappa shape index (κ3) is 3.23. The maximum Gasteiger partial charge on any atom is 0.0908 e. The van der Waals surface area contributed by atoms with Crippen molar-refractivity contribution >= 4 is 0 Å². The fourth-order valence-electron chi connectivity index (χ4n) is 0.0373. The Labute approximate surface area is 35.8 Å². The van der Waals surface area contributed by atoms with Gasteiger partial charge in [-0.05, 0) is 6.85 Å². The predicted octanol–water partition coefficient (Wildman–Crippen LogP) is 1.09. The zero-order chi connectivity index (χ0) is 6.62. The van der Waals surface area contributed by atoms with E-state index in [1.54, 1.807) is 6.07 Å². The standard InChI is InChI=1S/C4H5N/c1-2-3-4-5/h2-3H,1H3/b3-2-/i1D3. The minimum absolute atomic E-state index is 0.882. The first kappa shape index (κ1) is 1.14. The lowest BCUT2D eigenvalue weighted by Gasteiger charge is -1.47. The molecule has 0 radical (unpaired) electrons. The first-order chi connectivity index (χ1) is 3.56. The zero-order valence-corrected chi connectivity index (χ0v) is 2.60. The van der Waals surface area contributed by atoms with Gasteiger partial charge in [0.2, 0.25) is 0 Å². The molecule has 0 unspecified atom stereocenters. The van der Waals surface area contributed by atoms with Crippen LogP contribution in [0.1, 0.15) is 11.0 Å². The number of rotatable bonds is 0. The van der Waals surface area contributed by atoms with Gasteiger partial charge in [0.1, 0.15) is 0 Å². The second kappa shape index (κ2) is 3.23. The molecule has 1 heteroatoms. The first-order valence-electron chi connectivity index (χ1n) is 2.63. The van der Waals surface area contributed by atoms with Crippen LogP contribution in [0.3, 0.4) is 0 Å². The van der Waals surface area contributed by atoms with Gasteiger partial charge in [0.15, 0.2) is 0 Å². The van der Waals surface area contributed by atoms with Crippen LogP contribution in [-0.4, -0.2) is 0 Å². The fraction of sp³-hybridized carbons (Fsp3) is 0.250. The summed E-state index contributed by atoms with van der Waals surface area (Å²) in [5, 5.41) is 7.84. The molecule has 0 rings (SSSR count). The molecule has 0 aliphatic rings. The lowest BCUT2D eigenvalue weighted by Crippen LogP contribution is -1.35. The number of allylic oxidation sites excluding steroid dienone is 2. The van der Waals surface area contributed by atoms with Gasteiger partial charge in [-0.1, -0.05) is 6.08 Å². The third-order valence-electron chi connectivity index (χ3n) is 0.158. The van der Waals surface area contributed by atoms with E-state index >= 15 is 0 Å². The Morgan fingerprint density at radius 3 is 3.20 bits per heavy atom. The van der Waals surface area contributed by atoms with Crippen LogP contribution in [-0.2, 0) is 0 Å². The number of hydrogen-bond acceptors (Lipinski definition) is 1. The lowest BCUT2D eigenvalue weighted by molar-refractivity contribution is 1.53. The van der Waals surface area contributed by atoms with E-state index in [2.05, 4.69) is 0 Å². The first-order valence-corrected chi connectivity index (χ1v) is 1.13. The molecule has 0 aromatic heterocycles. The second-order valence-electron chi connectivity index (χ2n) is 0.462. The van der Waals surface area contributed by atoms with Crippen molar-refractivity contribution in [3.8, 4) is 6.07 Å². The molecule has 0 atom stereocenters. The summed E-state index contributed by atoms with van der Waals surface area (Å²) in [6.07, 6.45) is 1.83. The summed E-state index contributed by atoms with van der Waals surface area (Å²) in [6, 6.07) is 1.58. The van der Waals surface area contributed by atoms with Crippen LogP contribution in [0.5, 0.6) is 0 Å². The second-order valence-corrected chi connectivity index (χ2v) is 0.462. The molecule has 0 aromatic rings. The van der Waals surface area contributed by atoms with E-state index in [4.69, 9.17) is 9.37 Å². The Hall–Kier alpha value is -0.770. The van der Waals surface area contributed by atoms with Crippen LogP contribution in [0.4, 0.5) is 0 Å². The topological polar surface area (TPSA) is 23.8 Å². The highest BCUT2D eigenvalue weighted by Crippen LogP contribution is 1.58. The van der Waals surface area contributed by atoms with Crippen LogP contribution in [0.15, 0.2) is 12.2 Å². The van der Waals surface area contributed by atoms with Crippen LogP contribution < -0.4 is 0 Å². The fourth-order valence-corrected chi connectivity index (χ4v) is 0.0373. The van der Waals surface area contributed by atoms with Crippen molar-refractivity contribution in [2.24, 2.45) is 0 Å². The summed E-state index contributed by atoms with van der Waals surface area (Å²) >= 11 is 0. The largest absolute Gasteiger partial charge is 0.193 e. The summed E-state index contributed by atoms with van der Waals surface area (Å²) in [5.41, 5.74) is 0. The maximum atomic E-state index is 7.84. The molecule has 0 heterocycles. The maximum absolute atomic E-state index is 7.84. The van der Waals surface area contributed by atoms with Gasteiger partial charge in [0, 0.05) is 10.2 Å². The molecule has 0 saturated carbocycles. The summed E-state index contributed by atoms with van der Waals surface area (Å²) in [5.74, 6) is 0. The molecular formula is C4H5N. The number of nitrogens with zero attached hydrogens (tertiary/aromatic N) is 1. The monoisotopic (exact) mass is 70.1 g/mol. The third-order valence-corrected chi connectivity index (χ3v) is 0.158. The molecule has 0 saturated heterocycles. The normalized spacial score (nSPS) is 19.4. The van der Waals surface area contributed by atoms with Crippen LogP contribution >= 0.6 is 0 Å². The van der Waals surface area contributed by atoms with E-state index in [1.807, 2.05) is 0 Å². The van der Waals surface area contributed by atoms with Crippen molar-refractivity contribution in [2.45, 2.75) is 6.85 Å². The SMILES string of the molecule is [2H]C([2H])([2H])/C=C\C#N. The quantitative estimate of drug-likeness (QED) is 0.391. The van der Waals surface area contributed by atoms with Gasteiger partial charge in [0.25, 0.3) is 0 Å². The molecule has 26 valence electrons. The minimum atomic E-state index is -2.10. The Bertz CT molecular complexity index is 127. The van der Waals surface area contributed by atoms with Gasteiger partial charge >= 0.3 is 0 Å². The van der Waals surface area contributed by atoms with Gasteiger partial charge < -0.3 is 0 Å². The Morgan fingerprint density at radius 1 is 2.20 bits per heavy atom. The summed E-state index contributed by atoms with van der Waals surface area (Å²) in [7, 11) is 0. The Kier molecular flexibility index (Phi) is 0.735. The Balaban J connectivity index is 3.75. The molecule has 0 amide bonds. The van der Waals surface area contributed by atoms with E-state index in [0.717, 1.165) is 12.2 Å². The summed E-state index contributed by atoms with van der Waals surface area (Å²) < 4.78 is 19.6. The molecule has 0 aliphatic heterocycles. The minimum Gasteiger partial charge on any atom is -0.193 e. The summed E-state index contributed by atoms with van der Waals surface area (Å²) in [4.78, 5) is 0. The average molecular weight is 70.1 g/mol. The van der Waals surface area contributed by atoms with Crippen molar-refractivity contribution in [3.63, 3.8) is 0 Å². The molecule has 0 fully saturated rings. The van der Waals surface area contributed by atoms with Crippen molar-refractivity contribution in [3.05, 3.63) is 12.2 Å². The zero-order valence-electron chi connectivity index (χ0n) is 5.60. The molecular weight excluding hydrogens is 62.1 g/mol. The highest BCUT2D eigenvalue weighted by atomic mass is 14.2. The predicted molar refractivity (Wildman–Crippen MR) is 20.4 cm³/mol. The Morgan fingerprint density at radius 2 is 3.00 bits per heavy atom. The molecule has 0 spiro atoms. The van der Waals surface area contributed by atoms with Gasteiger partial charge in [-0.25, -0.2) is 0 Å². The van der Waals surface area contributed by atoms with Crippen molar-refractivity contribution in [1.29, 1.82) is 5.26 Å². The molecule has 1 nitrogen and oxygen atoms in total. The van der Waals surface area contributed by atoms with Crippen LogP contribution in [0, 0.1) is 11.3 Å². The highest BCUT2D eigenvalue weighted by Gasteiger charge is 1.45. The molecule has 0 aliphatic carbocycles. The van der Waals surface area contributed by atoms with Crippen LogP contribution in [0.2, 0.25) is 0 Å². The van der Waals surface area contributed by atoms with Gasteiger partial charge in [-0.3, -0.25) is 0 Å². The average Bonchev–Trinajstić information content (AvgIpc) is 1.59. The van der Waals surface area contributed by atoms with E-state index in [9.17, 15) is 0 Å². The highest BCUT2D eigenvalue weighted by molar-refractivity contribution is 4.99. The smallest absolute Gasteiger partial charge is 0.0908 e. The number of hydrogen-bond donors (Lipinski definition) is 0. The van der Waals surface area contributed by atoms with Crippen molar-refractivity contribution in [1.82, 2.24) is 0 Å². The molecule has 0 aromatic carbocycles. The van der Waals surface area contributed by atoms with Gasteiger partial charge in [0.05, 0.1) is 6.07 Å². The van der Waals surface area contributed by atoms with Crippen molar-refractivity contribution in [2.75, 3.05) is 0 Å². The molecule has 0 N–H and O–H groups in total. The van der Waals surface area contributed by atoms with Gasteiger partial charge in [-0.2, -0.15) is 5.26 Å². The molecule has 0 bridgehead atoms. The van der Waals surface area contributed by atoms with E-state index < -0.39 is 6.85 Å². The van der Waals surface area contributed by atoms with Crippen LogP contribution in [0.25, 0.3) is 0 Å². The van der Waals surface area contributed by atoms with E-state index in [-0.39, 0.29) is 0 Å². The van der Waals surface area contributed by atoms with Gasteiger partial charge in [-0.15, -0.1) is 0 Å². The summed E-state index contributed by atoms with van der Waals surface area (Å²) in [6.45, 7) is -2.10. The van der Waals surface area contributed by atoms with Crippen molar-refractivity contribution < 1.29 is 4.11 Å². The number of nitriles is 1. The molecule has 5 heavy (non-hydrogen) atoms. The lowest BCUT2D eigenvalue weighted by atomic mass is 10.6.